The topological polar surface area (TPSA) is 111 Å². The number of nitrogens with zero attached hydrogens (tertiary/aromatic N) is 2. The highest BCUT2D eigenvalue weighted by Gasteiger charge is 2.57. The lowest BCUT2D eigenvalue weighted by atomic mass is 9.94. The Labute approximate surface area is 179 Å². The molecule has 0 saturated carbocycles. The van der Waals surface area contributed by atoms with Crippen LogP contribution >= 0.6 is 11.8 Å². The van der Waals surface area contributed by atoms with E-state index in [0.29, 0.717) is 16.3 Å². The van der Waals surface area contributed by atoms with Gasteiger partial charge in [0.2, 0.25) is 0 Å². The Morgan fingerprint density at radius 2 is 1.93 bits per heavy atom. The summed E-state index contributed by atoms with van der Waals surface area (Å²) in [6.45, 7) is 3.16. The lowest BCUT2D eigenvalue weighted by Gasteiger charge is -2.42. The number of halogens is 1. The highest BCUT2D eigenvalue weighted by atomic mass is 32.2. The number of benzene rings is 1. The molecule has 4 rings (SSSR count). The molecule has 158 valence electrons. The number of thioether (sulfide) groups is 1. The molecule has 4 atom stereocenters. The van der Waals surface area contributed by atoms with Crippen LogP contribution in [0.25, 0.3) is 4.91 Å². The van der Waals surface area contributed by atoms with Crippen LogP contribution in [-0.2, 0) is 14.6 Å². The molecule has 2 aliphatic rings. The molecule has 1 aromatic carbocycles. The van der Waals surface area contributed by atoms with Crippen LogP contribution in [0.2, 0.25) is 0 Å². The molecule has 0 aliphatic carbocycles. The van der Waals surface area contributed by atoms with Gasteiger partial charge in [0.05, 0.1) is 22.2 Å². The number of anilines is 1. The Kier molecular flexibility index (Phi) is 4.93. The number of nitrogen functional groups attached to an aromatic ring is 1. The summed E-state index contributed by atoms with van der Waals surface area (Å²) in [4.78, 5) is 9.49. The molecule has 0 bridgehead atoms. The third-order valence-electron chi connectivity index (χ3n) is 5.76. The lowest BCUT2D eigenvalue weighted by molar-refractivity contribution is 0.325. The van der Waals surface area contributed by atoms with E-state index in [1.165, 1.54) is 31.0 Å². The van der Waals surface area contributed by atoms with Gasteiger partial charge in [-0.3, -0.25) is 9.98 Å². The molecule has 9 heteroatoms. The molecule has 3 heterocycles. The van der Waals surface area contributed by atoms with Crippen molar-refractivity contribution < 1.29 is 12.8 Å². The predicted octanol–water partition coefficient (Wildman–Crippen LogP) is 2.92. The van der Waals surface area contributed by atoms with Gasteiger partial charge in [-0.2, -0.15) is 0 Å². The highest BCUT2D eigenvalue weighted by Crippen LogP contribution is 2.49. The minimum Gasteiger partial charge on any atom is -0.399 e. The summed E-state index contributed by atoms with van der Waals surface area (Å²) in [6.07, 6.45) is 1.64. The average molecular weight is 447 g/mol. The van der Waals surface area contributed by atoms with Gasteiger partial charge in [-0.1, -0.05) is 18.2 Å². The van der Waals surface area contributed by atoms with Gasteiger partial charge in [0.25, 0.3) is 0 Å². The van der Waals surface area contributed by atoms with Crippen molar-refractivity contribution >= 4 is 38.0 Å². The van der Waals surface area contributed by atoms with Gasteiger partial charge in [-0.25, -0.2) is 12.8 Å². The van der Waals surface area contributed by atoms with E-state index < -0.39 is 31.5 Å². The number of alkyl halides is 1. The molecule has 6 nitrogen and oxygen atoms in total. The number of allylic oxidation sites excluding steroid dienone is 1. The van der Waals surface area contributed by atoms with Crippen molar-refractivity contribution in [3.63, 3.8) is 0 Å². The Balaban J connectivity index is 1.71. The standard InChI is InChI=1S/C21H23FN4O2S2/c1-20(18-15(22)11-16(29-18)13-6-5-7-14(23)10-13)12-30(27,28)21(2,19(24)26-20)17-8-3-4-9-25-17/h3-11,15,18H,12,23H2,1-2H3,(H2,24,26)/t15?,18?,20-,21-/m0/s1. The van der Waals surface area contributed by atoms with Crippen LogP contribution in [0, 0.1) is 0 Å². The molecule has 4 N–H and O–H groups in total. The van der Waals surface area contributed by atoms with Gasteiger partial charge >= 0.3 is 0 Å². The zero-order valence-electron chi connectivity index (χ0n) is 16.6. The third-order valence-corrected chi connectivity index (χ3v) is 10.0. The number of pyridine rings is 1. The number of rotatable bonds is 3. The maximum absolute atomic E-state index is 15.1. The monoisotopic (exact) mass is 446 g/mol. The Bertz CT molecular complexity index is 1150. The number of aromatic nitrogens is 1. The van der Waals surface area contributed by atoms with Crippen molar-refractivity contribution in [3.05, 3.63) is 66.0 Å². The average Bonchev–Trinajstić information content (AvgIpc) is 3.09. The first-order valence-corrected chi connectivity index (χ1v) is 12.0. The van der Waals surface area contributed by atoms with Crippen LogP contribution in [0.5, 0.6) is 0 Å². The van der Waals surface area contributed by atoms with Crippen LogP contribution in [0.15, 0.2) is 59.7 Å². The first-order chi connectivity index (χ1) is 14.1. The van der Waals surface area contributed by atoms with Gasteiger partial charge in [0.15, 0.2) is 14.6 Å². The van der Waals surface area contributed by atoms with Gasteiger partial charge in [0.1, 0.15) is 12.0 Å². The summed E-state index contributed by atoms with van der Waals surface area (Å²) in [7, 11) is -3.82. The molecule has 0 amide bonds. The smallest absolute Gasteiger partial charge is 0.171 e. The number of hydrogen-bond donors (Lipinski definition) is 2. The van der Waals surface area contributed by atoms with Crippen molar-refractivity contribution in [1.29, 1.82) is 0 Å². The summed E-state index contributed by atoms with van der Waals surface area (Å²) in [5, 5.41) is -0.726. The van der Waals surface area contributed by atoms with Crippen molar-refractivity contribution in [2.24, 2.45) is 10.7 Å². The first-order valence-electron chi connectivity index (χ1n) is 9.45. The molecule has 0 radical (unpaired) electrons. The van der Waals surface area contributed by atoms with Crippen LogP contribution in [0.4, 0.5) is 10.1 Å². The summed E-state index contributed by atoms with van der Waals surface area (Å²) < 4.78 is 40.4. The molecule has 2 aromatic rings. The Hall–Kier alpha value is -2.39. The van der Waals surface area contributed by atoms with Crippen molar-refractivity contribution in [2.75, 3.05) is 11.5 Å². The summed E-state index contributed by atoms with van der Waals surface area (Å²) in [5.41, 5.74) is 12.5. The molecule has 0 saturated heterocycles. The second-order valence-electron chi connectivity index (χ2n) is 8.00. The maximum atomic E-state index is 15.1. The first kappa shape index (κ1) is 20.9. The Morgan fingerprint density at radius 3 is 2.57 bits per heavy atom. The van der Waals surface area contributed by atoms with E-state index in [9.17, 15) is 8.42 Å². The van der Waals surface area contributed by atoms with Crippen LogP contribution in [-0.4, -0.2) is 42.0 Å². The van der Waals surface area contributed by atoms with E-state index in [-0.39, 0.29) is 11.6 Å². The lowest BCUT2D eigenvalue weighted by Crippen LogP contribution is -2.59. The van der Waals surface area contributed by atoms with Gasteiger partial charge in [-0.05, 0) is 49.8 Å². The minimum atomic E-state index is -3.82. The normalized spacial score (nSPS) is 33.0. The second-order valence-corrected chi connectivity index (χ2v) is 11.5. The number of amidine groups is 1. The molecular formula is C21H23FN4O2S2. The fourth-order valence-corrected chi connectivity index (χ4v) is 7.54. The SMILES string of the molecule is C[C@@]1(C2SC(c3cccc(N)c3)=CC2F)CS(=O)(=O)[C@@](C)(c2ccccn2)C(N)=N1. The molecule has 2 aliphatic heterocycles. The molecule has 1 aromatic heterocycles. The van der Waals surface area contributed by atoms with E-state index in [2.05, 4.69) is 9.98 Å². The molecule has 30 heavy (non-hydrogen) atoms. The molecule has 0 fully saturated rings. The second kappa shape index (κ2) is 7.09. The maximum Gasteiger partial charge on any atom is 0.171 e. The van der Waals surface area contributed by atoms with Gasteiger partial charge < -0.3 is 11.5 Å². The van der Waals surface area contributed by atoms with E-state index in [1.54, 1.807) is 43.3 Å². The number of sulfone groups is 1. The van der Waals surface area contributed by atoms with Crippen LogP contribution in [0.3, 0.4) is 0 Å². The minimum absolute atomic E-state index is 0.0693. The quantitative estimate of drug-likeness (QED) is 0.701. The van der Waals surface area contributed by atoms with E-state index in [1.807, 2.05) is 6.07 Å². The van der Waals surface area contributed by atoms with Crippen LogP contribution in [0.1, 0.15) is 25.1 Å². The van der Waals surface area contributed by atoms with Crippen molar-refractivity contribution in [2.45, 2.75) is 35.6 Å². The summed E-state index contributed by atoms with van der Waals surface area (Å²) >= 11 is 1.27. The van der Waals surface area contributed by atoms with E-state index >= 15 is 4.39 Å². The molecular weight excluding hydrogens is 423 g/mol. The summed E-state index contributed by atoms with van der Waals surface area (Å²) in [6, 6.07) is 12.2. The van der Waals surface area contributed by atoms with Crippen molar-refractivity contribution in [3.8, 4) is 0 Å². The van der Waals surface area contributed by atoms with Crippen LogP contribution < -0.4 is 11.5 Å². The van der Waals surface area contributed by atoms with Gasteiger partial charge in [0, 0.05) is 16.8 Å². The van der Waals surface area contributed by atoms with Gasteiger partial charge in [-0.15, -0.1) is 11.8 Å². The summed E-state index contributed by atoms with van der Waals surface area (Å²) in [5.74, 6) is -0.399. The number of nitrogens with two attached hydrogens (primary N) is 2. The van der Waals surface area contributed by atoms with E-state index in [0.717, 1.165) is 5.56 Å². The fourth-order valence-electron chi connectivity index (χ4n) is 3.98. The zero-order chi connectivity index (χ0) is 21.7. The molecule has 0 spiro atoms. The highest BCUT2D eigenvalue weighted by molar-refractivity contribution is 8.09. The number of aliphatic imine (C=N–C) groups is 1. The fraction of sp³-hybridized carbons (Fsp3) is 0.333. The predicted molar refractivity (Wildman–Crippen MR) is 121 cm³/mol. The largest absolute Gasteiger partial charge is 0.399 e. The zero-order valence-corrected chi connectivity index (χ0v) is 18.3. The van der Waals surface area contributed by atoms with E-state index in [4.69, 9.17) is 11.5 Å². The Morgan fingerprint density at radius 1 is 1.17 bits per heavy atom. The molecule has 2 unspecified atom stereocenters. The van der Waals surface area contributed by atoms with Crippen molar-refractivity contribution in [1.82, 2.24) is 4.98 Å². The number of hydrogen-bond acceptors (Lipinski definition) is 7. The third kappa shape index (κ3) is 3.20.